The number of imidazole rings is 1. The Kier molecular flexibility index (Phi) is 4.86. The Hall–Kier alpha value is -1.03. The molecule has 1 unspecified atom stereocenters. The van der Waals surface area contributed by atoms with Crippen LogP contribution >= 0.6 is 23.2 Å². The quantitative estimate of drug-likeness (QED) is 0.919. The maximum Gasteiger partial charge on any atom is 0.109 e. The second-order valence-electron chi connectivity index (χ2n) is 4.55. The largest absolute Gasteiger partial charge is 0.338 e. The lowest BCUT2D eigenvalue weighted by Gasteiger charge is -2.17. The Labute approximate surface area is 123 Å². The molecule has 3 nitrogen and oxygen atoms in total. The molecule has 0 bridgehead atoms. The highest BCUT2D eigenvalue weighted by molar-refractivity contribution is 6.36. The van der Waals surface area contributed by atoms with Gasteiger partial charge in [0.25, 0.3) is 0 Å². The van der Waals surface area contributed by atoms with E-state index in [-0.39, 0.29) is 6.04 Å². The van der Waals surface area contributed by atoms with E-state index in [1.54, 1.807) is 0 Å². The summed E-state index contributed by atoms with van der Waals surface area (Å²) in [4.78, 5) is 4.35. The molecule has 1 N–H and O–H groups in total. The Bertz CT molecular complexity index is 531. The van der Waals surface area contributed by atoms with Gasteiger partial charge in [0.15, 0.2) is 0 Å². The van der Waals surface area contributed by atoms with Crippen molar-refractivity contribution in [3.8, 4) is 0 Å². The standard InChI is InChI=1S/C14H17Cl2N3/c1-17-10(9-14-18-6-7-19(14)2)8-11-12(15)4-3-5-13(11)16/h3-7,10,17H,8-9H2,1-2H3. The molecule has 0 radical (unpaired) electrons. The molecule has 2 rings (SSSR count). The van der Waals surface area contributed by atoms with Gasteiger partial charge >= 0.3 is 0 Å². The van der Waals surface area contributed by atoms with Gasteiger partial charge in [0.05, 0.1) is 0 Å². The smallest absolute Gasteiger partial charge is 0.109 e. The van der Waals surface area contributed by atoms with Crippen LogP contribution in [0.4, 0.5) is 0 Å². The van der Waals surface area contributed by atoms with Gasteiger partial charge in [0.2, 0.25) is 0 Å². The van der Waals surface area contributed by atoms with Crippen LogP contribution in [-0.4, -0.2) is 22.6 Å². The fourth-order valence-corrected chi connectivity index (χ4v) is 2.62. The number of rotatable bonds is 5. The average Bonchev–Trinajstić information content (AvgIpc) is 2.78. The number of hydrogen-bond acceptors (Lipinski definition) is 2. The highest BCUT2D eigenvalue weighted by atomic mass is 35.5. The molecular formula is C14H17Cl2N3. The fourth-order valence-electron chi connectivity index (χ4n) is 2.06. The zero-order chi connectivity index (χ0) is 13.8. The summed E-state index contributed by atoms with van der Waals surface area (Å²) in [6, 6.07) is 5.85. The molecule has 0 fully saturated rings. The molecule has 1 heterocycles. The molecule has 1 aromatic heterocycles. The van der Waals surface area contributed by atoms with E-state index in [2.05, 4.69) is 10.3 Å². The molecule has 19 heavy (non-hydrogen) atoms. The Morgan fingerprint density at radius 1 is 1.26 bits per heavy atom. The molecule has 102 valence electrons. The van der Waals surface area contributed by atoms with E-state index in [9.17, 15) is 0 Å². The molecule has 0 amide bonds. The van der Waals surface area contributed by atoms with E-state index < -0.39 is 0 Å². The summed E-state index contributed by atoms with van der Waals surface area (Å²) >= 11 is 12.4. The topological polar surface area (TPSA) is 29.9 Å². The van der Waals surface area contributed by atoms with Gasteiger partial charge in [0, 0.05) is 41.9 Å². The Morgan fingerprint density at radius 3 is 2.47 bits per heavy atom. The van der Waals surface area contributed by atoms with Crippen LogP contribution in [0, 0.1) is 0 Å². The van der Waals surface area contributed by atoms with Gasteiger partial charge in [-0.15, -0.1) is 0 Å². The highest BCUT2D eigenvalue weighted by Crippen LogP contribution is 2.26. The number of aromatic nitrogens is 2. The van der Waals surface area contributed by atoms with Gasteiger partial charge < -0.3 is 9.88 Å². The van der Waals surface area contributed by atoms with Crippen LogP contribution in [0.25, 0.3) is 0 Å². The zero-order valence-electron chi connectivity index (χ0n) is 11.0. The van der Waals surface area contributed by atoms with E-state index >= 15 is 0 Å². The number of nitrogens with zero attached hydrogens (tertiary/aromatic N) is 2. The zero-order valence-corrected chi connectivity index (χ0v) is 12.5. The number of halogens is 2. The molecule has 2 aromatic rings. The summed E-state index contributed by atoms with van der Waals surface area (Å²) in [7, 11) is 3.94. The maximum atomic E-state index is 6.21. The highest BCUT2D eigenvalue weighted by Gasteiger charge is 2.15. The second-order valence-corrected chi connectivity index (χ2v) is 5.36. The lowest BCUT2D eigenvalue weighted by molar-refractivity contribution is 0.534. The van der Waals surface area contributed by atoms with Crippen LogP contribution in [0.3, 0.4) is 0 Å². The lowest BCUT2D eigenvalue weighted by atomic mass is 10.0. The normalized spacial score (nSPS) is 12.6. The first-order valence-electron chi connectivity index (χ1n) is 6.18. The van der Waals surface area contributed by atoms with Crippen LogP contribution in [0.2, 0.25) is 10.0 Å². The molecule has 1 aromatic carbocycles. The maximum absolute atomic E-state index is 6.21. The molecule has 0 aliphatic heterocycles. The van der Waals surface area contributed by atoms with Gasteiger partial charge in [-0.25, -0.2) is 4.98 Å². The van der Waals surface area contributed by atoms with Crippen molar-refractivity contribution in [2.24, 2.45) is 7.05 Å². The average molecular weight is 298 g/mol. The molecular weight excluding hydrogens is 281 g/mol. The van der Waals surface area contributed by atoms with E-state index in [4.69, 9.17) is 23.2 Å². The third kappa shape index (κ3) is 3.50. The van der Waals surface area contributed by atoms with Gasteiger partial charge in [-0.3, -0.25) is 0 Å². The molecule has 1 atom stereocenters. The molecule has 0 aliphatic carbocycles. The van der Waals surface area contributed by atoms with Crippen LogP contribution in [0.1, 0.15) is 11.4 Å². The summed E-state index contributed by atoms with van der Waals surface area (Å²) in [5, 5.41) is 4.73. The van der Waals surface area contributed by atoms with E-state index in [0.717, 1.165) is 24.2 Å². The monoisotopic (exact) mass is 297 g/mol. The van der Waals surface area contributed by atoms with Crippen LogP contribution in [-0.2, 0) is 19.9 Å². The molecule has 0 spiro atoms. The number of nitrogens with one attached hydrogen (secondary N) is 1. The van der Waals surface area contributed by atoms with Gasteiger partial charge in [-0.1, -0.05) is 29.3 Å². The van der Waals surface area contributed by atoms with Crippen molar-refractivity contribution in [3.63, 3.8) is 0 Å². The van der Waals surface area contributed by atoms with Crippen molar-refractivity contribution in [1.82, 2.24) is 14.9 Å². The molecule has 5 heteroatoms. The first-order valence-corrected chi connectivity index (χ1v) is 6.93. The SMILES string of the molecule is CNC(Cc1c(Cl)cccc1Cl)Cc1nccn1C. The minimum Gasteiger partial charge on any atom is -0.338 e. The summed E-state index contributed by atoms with van der Waals surface area (Å²) in [5.41, 5.74) is 0.986. The van der Waals surface area contributed by atoms with E-state index in [1.165, 1.54) is 0 Å². The third-order valence-electron chi connectivity index (χ3n) is 3.27. The Balaban J connectivity index is 2.13. The molecule has 0 saturated heterocycles. The molecule has 0 saturated carbocycles. The van der Waals surface area contributed by atoms with Crippen LogP contribution in [0.5, 0.6) is 0 Å². The summed E-state index contributed by atoms with van der Waals surface area (Å²) in [6.07, 6.45) is 5.37. The second kappa shape index (κ2) is 6.42. The summed E-state index contributed by atoms with van der Waals surface area (Å²) in [6.45, 7) is 0. The fraction of sp³-hybridized carbons (Fsp3) is 0.357. The van der Waals surface area contributed by atoms with Crippen molar-refractivity contribution in [3.05, 3.63) is 52.0 Å². The number of benzene rings is 1. The van der Waals surface area contributed by atoms with Crippen molar-refractivity contribution >= 4 is 23.2 Å². The van der Waals surface area contributed by atoms with E-state index in [0.29, 0.717) is 10.0 Å². The summed E-state index contributed by atoms with van der Waals surface area (Å²) < 4.78 is 2.03. The van der Waals surface area contributed by atoms with Gasteiger partial charge in [-0.2, -0.15) is 0 Å². The first-order chi connectivity index (χ1) is 9.11. The summed E-state index contributed by atoms with van der Waals surface area (Å²) in [5.74, 6) is 1.04. The van der Waals surface area contributed by atoms with E-state index in [1.807, 2.05) is 49.3 Å². The van der Waals surface area contributed by atoms with Crippen molar-refractivity contribution in [2.45, 2.75) is 18.9 Å². The predicted molar refractivity (Wildman–Crippen MR) is 79.9 cm³/mol. The minimum atomic E-state index is 0.249. The lowest BCUT2D eigenvalue weighted by Crippen LogP contribution is -2.31. The minimum absolute atomic E-state index is 0.249. The first kappa shape index (κ1) is 14.4. The predicted octanol–water partition coefficient (Wildman–Crippen LogP) is 3.10. The number of likely N-dealkylation sites (N-methyl/N-ethyl adjacent to an activating group) is 1. The van der Waals surface area contributed by atoms with Crippen molar-refractivity contribution < 1.29 is 0 Å². The van der Waals surface area contributed by atoms with Crippen LogP contribution in [0.15, 0.2) is 30.6 Å². The third-order valence-corrected chi connectivity index (χ3v) is 3.98. The van der Waals surface area contributed by atoms with Gasteiger partial charge in [0.1, 0.15) is 5.82 Å². The van der Waals surface area contributed by atoms with Gasteiger partial charge in [-0.05, 0) is 31.2 Å². The van der Waals surface area contributed by atoms with Crippen molar-refractivity contribution in [1.29, 1.82) is 0 Å². The Morgan fingerprint density at radius 2 is 1.95 bits per heavy atom. The number of aryl methyl sites for hydroxylation is 1. The number of hydrogen-bond donors (Lipinski definition) is 1. The van der Waals surface area contributed by atoms with Crippen molar-refractivity contribution in [2.75, 3.05) is 7.05 Å². The van der Waals surface area contributed by atoms with Crippen LogP contribution < -0.4 is 5.32 Å². The molecule has 0 aliphatic rings.